The fourth-order valence-electron chi connectivity index (χ4n) is 1.12. The number of benzene rings is 1. The lowest BCUT2D eigenvalue weighted by Crippen LogP contribution is -3.00. The lowest BCUT2D eigenvalue weighted by Gasteiger charge is -2.23. The predicted octanol–water partition coefficient (Wildman–Crippen LogP) is -1.39. The number of nitrogens with one attached hydrogen (secondary N) is 1. The smallest absolute Gasteiger partial charge is 0.412 e. The summed E-state index contributed by atoms with van der Waals surface area (Å²) in [5, 5.41) is 2.41. The van der Waals surface area contributed by atoms with E-state index in [1.165, 1.54) is 7.05 Å². The van der Waals surface area contributed by atoms with Gasteiger partial charge in [-0.3, -0.25) is 4.48 Å². The Hall–Kier alpha value is -0.820. The molecule has 0 aliphatic carbocycles. The highest BCUT2D eigenvalue weighted by Gasteiger charge is 2.13. The van der Waals surface area contributed by atoms with E-state index in [4.69, 9.17) is 4.74 Å². The Morgan fingerprint density at radius 1 is 1.31 bits per heavy atom. The average molecular weight is 336 g/mol. The molecule has 90 valence electrons. The molecule has 4 nitrogen and oxygen atoms in total. The van der Waals surface area contributed by atoms with Gasteiger partial charge in [0, 0.05) is 13.1 Å². The van der Waals surface area contributed by atoms with Gasteiger partial charge in [0.25, 0.3) is 0 Å². The molecular formula is C11H17IN2O2. The van der Waals surface area contributed by atoms with Crippen molar-refractivity contribution in [2.45, 2.75) is 0 Å². The first-order valence-corrected chi connectivity index (χ1v) is 4.75. The number of amides is 1. The second kappa shape index (κ2) is 6.05. The summed E-state index contributed by atoms with van der Waals surface area (Å²) in [6.45, 7) is 0. The van der Waals surface area contributed by atoms with Crippen molar-refractivity contribution in [2.24, 2.45) is 0 Å². The third-order valence-corrected chi connectivity index (χ3v) is 2.01. The van der Waals surface area contributed by atoms with Crippen molar-refractivity contribution in [2.75, 3.05) is 28.2 Å². The van der Waals surface area contributed by atoms with E-state index < -0.39 is 6.09 Å². The van der Waals surface area contributed by atoms with Crippen LogP contribution < -0.4 is 38.5 Å². The van der Waals surface area contributed by atoms with Gasteiger partial charge < -0.3 is 34.0 Å². The van der Waals surface area contributed by atoms with Gasteiger partial charge >= 0.3 is 6.09 Å². The van der Waals surface area contributed by atoms with Gasteiger partial charge in [-0.15, -0.1) is 0 Å². The van der Waals surface area contributed by atoms with Gasteiger partial charge in [-0.25, -0.2) is 4.79 Å². The fraction of sp³-hybridized carbons (Fsp3) is 0.364. The van der Waals surface area contributed by atoms with Gasteiger partial charge in [0.1, 0.15) is 11.4 Å². The minimum absolute atomic E-state index is 0. The molecule has 1 N–H and O–H groups in total. The van der Waals surface area contributed by atoms with E-state index in [-0.39, 0.29) is 24.0 Å². The van der Waals surface area contributed by atoms with Crippen molar-refractivity contribution < 1.29 is 33.5 Å². The van der Waals surface area contributed by atoms with Crippen LogP contribution in [0.1, 0.15) is 0 Å². The Kier molecular flexibility index (Phi) is 5.74. The molecule has 0 unspecified atom stereocenters. The summed E-state index contributed by atoms with van der Waals surface area (Å²) >= 11 is 0. The Labute approximate surface area is 113 Å². The van der Waals surface area contributed by atoms with Gasteiger partial charge in [0.05, 0.1) is 21.1 Å². The van der Waals surface area contributed by atoms with E-state index in [9.17, 15) is 4.79 Å². The van der Waals surface area contributed by atoms with Crippen LogP contribution in [0.25, 0.3) is 0 Å². The Morgan fingerprint density at radius 3 is 2.44 bits per heavy atom. The van der Waals surface area contributed by atoms with Gasteiger partial charge in [-0.05, 0) is 12.1 Å². The highest BCUT2D eigenvalue weighted by Crippen LogP contribution is 2.22. The zero-order chi connectivity index (χ0) is 11.5. The summed E-state index contributed by atoms with van der Waals surface area (Å²) in [6.07, 6.45) is -0.450. The predicted molar refractivity (Wildman–Crippen MR) is 61.1 cm³/mol. The third-order valence-electron chi connectivity index (χ3n) is 2.01. The lowest BCUT2D eigenvalue weighted by atomic mass is 10.2. The second-order valence-electron chi connectivity index (χ2n) is 4.15. The van der Waals surface area contributed by atoms with Crippen LogP contribution >= 0.6 is 0 Å². The lowest BCUT2D eigenvalue weighted by molar-refractivity contribution is -0.00000835. The molecule has 0 fully saturated rings. The van der Waals surface area contributed by atoms with Crippen LogP contribution in [-0.2, 0) is 0 Å². The highest BCUT2D eigenvalue weighted by atomic mass is 127. The minimum atomic E-state index is -0.450. The van der Waals surface area contributed by atoms with Crippen LogP contribution in [0.2, 0.25) is 0 Å². The van der Waals surface area contributed by atoms with Gasteiger partial charge in [-0.2, -0.15) is 0 Å². The normalized spacial score (nSPS) is 10.2. The highest BCUT2D eigenvalue weighted by molar-refractivity contribution is 5.70. The quantitative estimate of drug-likeness (QED) is 0.533. The molecule has 1 aromatic carbocycles. The van der Waals surface area contributed by atoms with E-state index in [0.717, 1.165) is 5.69 Å². The van der Waals surface area contributed by atoms with Gasteiger partial charge in [0.15, 0.2) is 0 Å². The number of halogens is 1. The Balaban J connectivity index is 0.00000225. The summed E-state index contributed by atoms with van der Waals surface area (Å²) in [5.74, 6) is 0.555. The molecule has 0 heterocycles. The zero-order valence-electron chi connectivity index (χ0n) is 9.95. The van der Waals surface area contributed by atoms with Gasteiger partial charge in [-0.1, -0.05) is 6.07 Å². The molecule has 0 spiro atoms. The maximum absolute atomic E-state index is 11.0. The zero-order valence-corrected chi connectivity index (χ0v) is 12.1. The monoisotopic (exact) mass is 336 g/mol. The van der Waals surface area contributed by atoms with Crippen LogP contribution in [0.15, 0.2) is 24.3 Å². The molecule has 0 aliphatic rings. The van der Waals surface area contributed by atoms with Crippen molar-refractivity contribution >= 4 is 11.8 Å². The maximum atomic E-state index is 11.0. The van der Waals surface area contributed by atoms with Crippen molar-refractivity contribution in [1.29, 1.82) is 0 Å². The molecule has 0 saturated heterocycles. The molecular weight excluding hydrogens is 319 g/mol. The summed E-state index contributed by atoms with van der Waals surface area (Å²) < 4.78 is 5.72. The van der Waals surface area contributed by atoms with Crippen LogP contribution in [0.4, 0.5) is 10.5 Å². The number of hydrogen-bond acceptors (Lipinski definition) is 2. The minimum Gasteiger partial charge on any atom is -1.00 e. The summed E-state index contributed by atoms with van der Waals surface area (Å²) in [6, 6.07) is 7.48. The molecule has 0 atom stereocenters. The number of carbonyl (C=O) groups is 1. The van der Waals surface area contributed by atoms with Crippen molar-refractivity contribution in [3.63, 3.8) is 0 Å². The fourth-order valence-corrected chi connectivity index (χ4v) is 1.12. The van der Waals surface area contributed by atoms with Gasteiger partial charge in [0.2, 0.25) is 0 Å². The van der Waals surface area contributed by atoms with E-state index in [1.54, 1.807) is 6.07 Å². The molecule has 0 aliphatic heterocycles. The van der Waals surface area contributed by atoms with Crippen LogP contribution in [-0.4, -0.2) is 34.3 Å². The molecule has 0 saturated carbocycles. The Morgan fingerprint density at radius 2 is 1.94 bits per heavy atom. The number of nitrogens with zero attached hydrogens (tertiary/aromatic N) is 1. The van der Waals surface area contributed by atoms with Crippen molar-refractivity contribution in [3.8, 4) is 5.75 Å². The SMILES string of the molecule is CNC(=O)Oc1cccc([N+](C)(C)C)c1.[I-]. The average Bonchev–Trinajstić information content (AvgIpc) is 2.17. The maximum Gasteiger partial charge on any atom is 0.412 e. The first-order valence-electron chi connectivity index (χ1n) is 4.75. The second-order valence-corrected chi connectivity index (χ2v) is 4.15. The summed E-state index contributed by atoms with van der Waals surface area (Å²) in [5.41, 5.74) is 1.08. The van der Waals surface area contributed by atoms with Crippen molar-refractivity contribution in [1.82, 2.24) is 9.80 Å². The number of carbonyl (C=O) groups excluding carboxylic acids is 1. The number of hydrogen-bond donors (Lipinski definition) is 1. The standard InChI is InChI=1S/C11H16N2O2.HI/c1-12-11(14)15-10-7-5-6-9(8-10)13(2,3)4;/h5-8H,1-4H3;1H. The Bertz CT molecular complexity index is 361. The molecule has 5 heteroatoms. The molecule has 1 amide bonds. The topological polar surface area (TPSA) is 38.3 Å². The number of rotatable bonds is 2. The van der Waals surface area contributed by atoms with Crippen LogP contribution in [0.5, 0.6) is 5.75 Å². The first kappa shape index (κ1) is 15.2. The molecule has 16 heavy (non-hydrogen) atoms. The molecule has 1 aromatic rings. The number of quaternary nitrogens is 1. The van der Waals surface area contributed by atoms with E-state index in [0.29, 0.717) is 10.2 Å². The molecule has 0 aromatic heterocycles. The van der Waals surface area contributed by atoms with E-state index in [1.807, 2.05) is 18.2 Å². The van der Waals surface area contributed by atoms with E-state index in [2.05, 4.69) is 26.5 Å². The first-order chi connectivity index (χ1) is 6.93. The number of ether oxygens (including phenoxy) is 1. The molecule has 1 rings (SSSR count). The summed E-state index contributed by atoms with van der Waals surface area (Å²) in [4.78, 5) is 11.0. The van der Waals surface area contributed by atoms with Crippen LogP contribution in [0, 0.1) is 0 Å². The van der Waals surface area contributed by atoms with Crippen LogP contribution in [0.3, 0.4) is 0 Å². The van der Waals surface area contributed by atoms with E-state index >= 15 is 0 Å². The third kappa shape index (κ3) is 4.36. The largest absolute Gasteiger partial charge is 1.00 e. The van der Waals surface area contributed by atoms with Crippen molar-refractivity contribution in [3.05, 3.63) is 24.3 Å². The molecule has 0 radical (unpaired) electrons. The molecule has 0 bridgehead atoms. The summed E-state index contributed by atoms with van der Waals surface area (Å²) in [7, 11) is 7.70.